The summed E-state index contributed by atoms with van der Waals surface area (Å²) in [4.78, 5) is 11.5. The first kappa shape index (κ1) is 14.0. The van der Waals surface area contributed by atoms with Gasteiger partial charge in [-0.25, -0.2) is 4.79 Å². The van der Waals surface area contributed by atoms with Crippen LogP contribution in [0, 0.1) is 0 Å². The number of nitrogens with zero attached hydrogens (tertiary/aromatic N) is 1. The van der Waals surface area contributed by atoms with Gasteiger partial charge < -0.3 is 9.67 Å². The van der Waals surface area contributed by atoms with E-state index in [9.17, 15) is 18.0 Å². The summed E-state index contributed by atoms with van der Waals surface area (Å²) in [6.45, 7) is 0.104. The number of halogens is 4. The monoisotopic (exact) mass is 309 g/mol. The Hall–Kier alpha value is -1.47. The first-order valence-corrected chi connectivity index (χ1v) is 6.27. The van der Waals surface area contributed by atoms with Crippen LogP contribution in [0.1, 0.15) is 20.8 Å². The minimum Gasteiger partial charge on any atom is -0.478 e. The molecule has 2 heterocycles. The fourth-order valence-electron chi connectivity index (χ4n) is 1.60. The Morgan fingerprint density at radius 2 is 2.11 bits per heavy atom. The zero-order valence-electron chi connectivity index (χ0n) is 9.24. The number of aromatic nitrogens is 1. The predicted octanol–water partition coefficient (Wildman–Crippen LogP) is 3.97. The van der Waals surface area contributed by atoms with E-state index in [1.54, 1.807) is 11.4 Å². The molecule has 2 rings (SSSR count). The lowest BCUT2D eigenvalue weighted by molar-refractivity contribution is -0.138. The predicted molar refractivity (Wildman–Crippen MR) is 64.8 cm³/mol. The Kier molecular flexibility index (Phi) is 3.60. The fraction of sp³-hybridized carbons (Fsp3) is 0.182. The summed E-state index contributed by atoms with van der Waals surface area (Å²) in [5.41, 5.74) is -1.92. The van der Waals surface area contributed by atoms with Crippen LogP contribution in [0.2, 0.25) is 5.02 Å². The standard InChI is InChI=1S/C11H7ClF3NO2S/c12-8-1-2-19-9(8)5-16-3-6(10(17)18)7(4-16)11(13,14)15/h1-4H,5H2,(H,17,18). The fourth-order valence-corrected chi connectivity index (χ4v) is 2.70. The molecule has 0 radical (unpaired) electrons. The van der Waals surface area contributed by atoms with Crippen molar-refractivity contribution in [1.82, 2.24) is 4.57 Å². The third kappa shape index (κ3) is 2.93. The molecule has 0 bridgehead atoms. The molecule has 0 saturated heterocycles. The smallest absolute Gasteiger partial charge is 0.418 e. The van der Waals surface area contributed by atoms with Gasteiger partial charge in [-0.3, -0.25) is 0 Å². The summed E-state index contributed by atoms with van der Waals surface area (Å²) >= 11 is 7.14. The quantitative estimate of drug-likeness (QED) is 0.932. The normalized spacial score (nSPS) is 11.8. The van der Waals surface area contributed by atoms with Gasteiger partial charge in [0.2, 0.25) is 0 Å². The van der Waals surface area contributed by atoms with E-state index in [-0.39, 0.29) is 6.54 Å². The van der Waals surface area contributed by atoms with Crippen LogP contribution in [0.3, 0.4) is 0 Å². The number of rotatable bonds is 3. The second kappa shape index (κ2) is 4.90. The molecule has 0 spiro atoms. The number of thiophene rings is 1. The van der Waals surface area contributed by atoms with Crippen LogP contribution in [-0.2, 0) is 12.7 Å². The summed E-state index contributed by atoms with van der Waals surface area (Å²) in [7, 11) is 0. The van der Waals surface area contributed by atoms with Gasteiger partial charge in [0.25, 0.3) is 0 Å². The van der Waals surface area contributed by atoms with E-state index in [0.717, 1.165) is 12.4 Å². The van der Waals surface area contributed by atoms with E-state index in [4.69, 9.17) is 16.7 Å². The highest BCUT2D eigenvalue weighted by atomic mass is 35.5. The molecule has 0 aromatic carbocycles. The Bertz CT molecular complexity index is 618. The Morgan fingerprint density at radius 3 is 2.53 bits per heavy atom. The van der Waals surface area contributed by atoms with Crippen molar-refractivity contribution in [2.24, 2.45) is 0 Å². The van der Waals surface area contributed by atoms with Crippen molar-refractivity contribution in [3.63, 3.8) is 0 Å². The van der Waals surface area contributed by atoms with Crippen molar-refractivity contribution in [2.45, 2.75) is 12.7 Å². The van der Waals surface area contributed by atoms with Gasteiger partial charge in [-0.2, -0.15) is 13.2 Å². The average Bonchev–Trinajstić information content (AvgIpc) is 2.86. The minimum atomic E-state index is -4.70. The SMILES string of the molecule is O=C(O)c1cn(Cc2sccc2Cl)cc1C(F)(F)F. The van der Waals surface area contributed by atoms with Gasteiger partial charge >= 0.3 is 12.1 Å². The van der Waals surface area contributed by atoms with Crippen LogP contribution in [0.5, 0.6) is 0 Å². The molecule has 0 aliphatic rings. The van der Waals surface area contributed by atoms with Gasteiger partial charge in [-0.05, 0) is 11.4 Å². The largest absolute Gasteiger partial charge is 0.478 e. The van der Waals surface area contributed by atoms with Crippen LogP contribution in [0.4, 0.5) is 13.2 Å². The molecule has 2 aromatic rings. The summed E-state index contributed by atoms with van der Waals surface area (Å²) in [5.74, 6) is -1.61. The lowest BCUT2D eigenvalue weighted by Crippen LogP contribution is -2.09. The van der Waals surface area contributed by atoms with Crippen LogP contribution < -0.4 is 0 Å². The van der Waals surface area contributed by atoms with Crippen molar-refractivity contribution >= 4 is 28.9 Å². The number of carbonyl (C=O) groups is 1. The average molecular weight is 310 g/mol. The molecule has 0 saturated carbocycles. The first-order chi connectivity index (χ1) is 8.79. The van der Waals surface area contributed by atoms with E-state index < -0.39 is 23.3 Å². The highest BCUT2D eigenvalue weighted by molar-refractivity contribution is 7.10. The molecular weight excluding hydrogens is 303 g/mol. The first-order valence-electron chi connectivity index (χ1n) is 5.01. The summed E-state index contributed by atoms with van der Waals surface area (Å²) in [5, 5.41) is 10.9. The van der Waals surface area contributed by atoms with Crippen LogP contribution in [0.25, 0.3) is 0 Å². The molecule has 19 heavy (non-hydrogen) atoms. The Labute approximate surface area is 114 Å². The van der Waals surface area contributed by atoms with E-state index >= 15 is 0 Å². The molecule has 0 atom stereocenters. The lowest BCUT2D eigenvalue weighted by atomic mass is 10.2. The maximum atomic E-state index is 12.7. The third-order valence-electron chi connectivity index (χ3n) is 2.43. The highest BCUT2D eigenvalue weighted by Crippen LogP contribution is 2.33. The van der Waals surface area contributed by atoms with Gasteiger partial charge in [0.1, 0.15) is 0 Å². The molecule has 0 aliphatic carbocycles. The second-order valence-corrected chi connectivity index (χ2v) is 5.16. The molecule has 1 N–H and O–H groups in total. The number of alkyl halides is 3. The van der Waals surface area contributed by atoms with E-state index in [1.807, 2.05) is 0 Å². The number of carboxylic acid groups (broad SMARTS) is 1. The van der Waals surface area contributed by atoms with Gasteiger partial charge in [0.15, 0.2) is 0 Å². The maximum absolute atomic E-state index is 12.7. The van der Waals surface area contributed by atoms with Crippen molar-refractivity contribution in [3.05, 3.63) is 44.9 Å². The molecule has 0 aliphatic heterocycles. The Balaban J connectivity index is 2.39. The van der Waals surface area contributed by atoms with Crippen molar-refractivity contribution in [1.29, 1.82) is 0 Å². The van der Waals surface area contributed by atoms with Crippen LogP contribution in [0.15, 0.2) is 23.8 Å². The second-order valence-electron chi connectivity index (χ2n) is 3.75. The molecule has 2 aromatic heterocycles. The molecule has 102 valence electrons. The molecule has 0 unspecified atom stereocenters. The highest BCUT2D eigenvalue weighted by Gasteiger charge is 2.37. The van der Waals surface area contributed by atoms with Gasteiger partial charge in [-0.15, -0.1) is 11.3 Å². The van der Waals surface area contributed by atoms with E-state index in [0.29, 0.717) is 9.90 Å². The number of hydrogen-bond acceptors (Lipinski definition) is 2. The zero-order chi connectivity index (χ0) is 14.2. The number of carboxylic acids is 1. The molecule has 0 amide bonds. The van der Waals surface area contributed by atoms with Gasteiger partial charge in [-0.1, -0.05) is 11.6 Å². The summed E-state index contributed by atoms with van der Waals surface area (Å²) in [6, 6.07) is 1.63. The van der Waals surface area contributed by atoms with Crippen LogP contribution >= 0.6 is 22.9 Å². The zero-order valence-corrected chi connectivity index (χ0v) is 10.8. The van der Waals surface area contributed by atoms with E-state index in [1.165, 1.54) is 15.9 Å². The molecular formula is C11H7ClF3NO2S. The summed E-state index contributed by atoms with van der Waals surface area (Å²) in [6.07, 6.45) is -2.96. The topological polar surface area (TPSA) is 42.2 Å². The maximum Gasteiger partial charge on any atom is 0.418 e. The van der Waals surface area contributed by atoms with Crippen LogP contribution in [-0.4, -0.2) is 15.6 Å². The molecule has 8 heteroatoms. The van der Waals surface area contributed by atoms with E-state index in [2.05, 4.69) is 0 Å². The molecule has 0 fully saturated rings. The lowest BCUT2D eigenvalue weighted by Gasteiger charge is -2.04. The van der Waals surface area contributed by atoms with Gasteiger partial charge in [0, 0.05) is 17.3 Å². The molecule has 3 nitrogen and oxygen atoms in total. The Morgan fingerprint density at radius 1 is 1.42 bits per heavy atom. The number of hydrogen-bond donors (Lipinski definition) is 1. The third-order valence-corrected chi connectivity index (χ3v) is 3.80. The van der Waals surface area contributed by atoms with Gasteiger partial charge in [0.05, 0.1) is 22.7 Å². The summed E-state index contributed by atoms with van der Waals surface area (Å²) < 4.78 is 39.2. The van der Waals surface area contributed by atoms with Crippen molar-refractivity contribution < 1.29 is 23.1 Å². The van der Waals surface area contributed by atoms with Crippen molar-refractivity contribution in [2.75, 3.05) is 0 Å². The van der Waals surface area contributed by atoms with Crippen molar-refractivity contribution in [3.8, 4) is 0 Å². The minimum absolute atomic E-state index is 0.104. The number of aromatic carboxylic acids is 1.